The number of hydrogen-bond acceptors (Lipinski definition) is 6. The van der Waals surface area contributed by atoms with Gasteiger partial charge in [0.1, 0.15) is 16.6 Å². The van der Waals surface area contributed by atoms with E-state index in [0.29, 0.717) is 35.9 Å². The number of nitrogens with zero attached hydrogens (tertiary/aromatic N) is 3. The first-order valence-electron chi connectivity index (χ1n) is 9.39. The molecule has 1 saturated carbocycles. The lowest BCUT2D eigenvalue weighted by Gasteiger charge is -2.31. The van der Waals surface area contributed by atoms with Crippen LogP contribution in [0.25, 0.3) is 0 Å². The van der Waals surface area contributed by atoms with Crippen molar-refractivity contribution in [1.29, 1.82) is 0 Å². The minimum atomic E-state index is -0.267. The molecule has 1 aliphatic heterocycles. The number of likely N-dealkylation sites (tertiary alicyclic amines) is 1. The molecule has 144 valence electrons. The molecular weight excluding hydrogens is 367 g/mol. The normalized spacial score (nSPS) is 20.4. The maximum Gasteiger partial charge on any atom is 0.240 e. The van der Waals surface area contributed by atoms with Gasteiger partial charge in [0, 0.05) is 18.4 Å². The van der Waals surface area contributed by atoms with Gasteiger partial charge in [-0.3, -0.25) is 15.0 Å². The minimum absolute atomic E-state index is 0.0476. The Bertz CT molecular complexity index is 778. The van der Waals surface area contributed by atoms with Crippen LogP contribution in [-0.2, 0) is 4.79 Å². The molecule has 1 atom stereocenters. The zero-order chi connectivity index (χ0) is 18.6. The van der Waals surface area contributed by atoms with Crippen LogP contribution in [0.5, 0.6) is 5.75 Å². The highest BCUT2D eigenvalue weighted by Gasteiger charge is 2.28. The number of benzene rings is 1. The summed E-state index contributed by atoms with van der Waals surface area (Å²) in [6.45, 7) is 2.65. The van der Waals surface area contributed by atoms with Crippen molar-refractivity contribution in [2.24, 2.45) is 5.92 Å². The molecule has 0 radical (unpaired) electrons. The van der Waals surface area contributed by atoms with E-state index in [-0.39, 0.29) is 11.7 Å². The van der Waals surface area contributed by atoms with Crippen LogP contribution in [-0.4, -0.2) is 47.2 Å². The maximum atomic E-state index is 12.9. The summed E-state index contributed by atoms with van der Waals surface area (Å²) in [5, 5.41) is 12.7. The molecule has 2 heterocycles. The largest absolute Gasteiger partial charge is 0.493 e. The van der Waals surface area contributed by atoms with Crippen molar-refractivity contribution in [2.75, 3.05) is 31.6 Å². The van der Waals surface area contributed by atoms with Crippen molar-refractivity contribution >= 4 is 22.4 Å². The molecule has 1 unspecified atom stereocenters. The molecule has 0 bridgehead atoms. The Kier molecular flexibility index (Phi) is 5.63. The molecule has 1 saturated heterocycles. The summed E-state index contributed by atoms with van der Waals surface area (Å²) in [6, 6.07) is 6.08. The van der Waals surface area contributed by atoms with Crippen molar-refractivity contribution in [1.82, 2.24) is 15.1 Å². The molecule has 0 spiro atoms. The molecule has 1 aliphatic carbocycles. The Morgan fingerprint density at radius 2 is 2.07 bits per heavy atom. The average molecular weight is 390 g/mol. The second-order valence-corrected chi connectivity index (χ2v) is 8.29. The zero-order valence-corrected chi connectivity index (χ0v) is 15.9. The van der Waals surface area contributed by atoms with Gasteiger partial charge in [-0.1, -0.05) is 11.3 Å². The molecule has 1 N–H and O–H groups in total. The van der Waals surface area contributed by atoms with E-state index < -0.39 is 0 Å². The topological polar surface area (TPSA) is 67.3 Å². The molecule has 2 aromatic rings. The third-order valence-electron chi connectivity index (χ3n) is 4.88. The van der Waals surface area contributed by atoms with Crippen LogP contribution in [0.15, 0.2) is 24.3 Å². The van der Waals surface area contributed by atoms with Gasteiger partial charge in [-0.05, 0) is 56.5 Å². The molecular formula is C19H23FN4O2S. The quantitative estimate of drug-likeness (QED) is 0.786. The fourth-order valence-electron chi connectivity index (χ4n) is 3.32. The molecule has 27 heavy (non-hydrogen) atoms. The molecule has 2 aliphatic rings. The predicted octanol–water partition coefficient (Wildman–Crippen LogP) is 3.28. The highest BCUT2D eigenvalue weighted by molar-refractivity contribution is 7.15. The lowest BCUT2D eigenvalue weighted by atomic mass is 9.99. The zero-order valence-electron chi connectivity index (χ0n) is 15.1. The second-order valence-electron chi connectivity index (χ2n) is 7.28. The number of anilines is 1. The number of halogens is 1. The van der Waals surface area contributed by atoms with E-state index in [9.17, 15) is 9.18 Å². The average Bonchev–Trinajstić information content (AvgIpc) is 3.41. The summed E-state index contributed by atoms with van der Waals surface area (Å²) < 4.78 is 18.7. The van der Waals surface area contributed by atoms with Crippen LogP contribution in [0.4, 0.5) is 9.52 Å². The number of aromatic nitrogens is 2. The third-order valence-corrected chi connectivity index (χ3v) is 5.88. The summed E-state index contributed by atoms with van der Waals surface area (Å²) in [6.07, 6.45) is 4.46. The van der Waals surface area contributed by atoms with Crippen LogP contribution in [0.1, 0.15) is 36.6 Å². The lowest BCUT2D eigenvalue weighted by Crippen LogP contribution is -2.42. The van der Waals surface area contributed by atoms with Gasteiger partial charge in [0.05, 0.1) is 13.2 Å². The van der Waals surface area contributed by atoms with Crippen molar-refractivity contribution in [3.63, 3.8) is 0 Å². The molecule has 1 amide bonds. The Morgan fingerprint density at radius 1 is 1.26 bits per heavy atom. The number of rotatable bonds is 7. The summed E-state index contributed by atoms with van der Waals surface area (Å²) in [4.78, 5) is 14.5. The number of carbonyl (C=O) groups excluding carboxylic acids is 1. The van der Waals surface area contributed by atoms with Gasteiger partial charge in [-0.25, -0.2) is 4.39 Å². The number of hydrogen-bond donors (Lipinski definition) is 1. The summed E-state index contributed by atoms with van der Waals surface area (Å²) in [7, 11) is 0. The molecule has 4 rings (SSSR count). The van der Waals surface area contributed by atoms with Gasteiger partial charge in [0.25, 0.3) is 0 Å². The minimum Gasteiger partial charge on any atom is -0.493 e. The Morgan fingerprint density at radius 3 is 2.85 bits per heavy atom. The summed E-state index contributed by atoms with van der Waals surface area (Å²) in [5.74, 6) is 1.27. The SMILES string of the molecule is O=C(CN1CCCC(COc2ccc(F)cc2)C1)Nc1nnc(C2CC2)s1. The highest BCUT2D eigenvalue weighted by Crippen LogP contribution is 2.42. The van der Waals surface area contributed by atoms with Gasteiger partial charge >= 0.3 is 0 Å². The van der Waals surface area contributed by atoms with Gasteiger partial charge < -0.3 is 4.74 Å². The van der Waals surface area contributed by atoms with Crippen molar-refractivity contribution in [3.8, 4) is 5.75 Å². The molecule has 1 aromatic heterocycles. The number of nitrogens with one attached hydrogen (secondary N) is 1. The van der Waals surface area contributed by atoms with E-state index >= 15 is 0 Å². The molecule has 1 aromatic carbocycles. The van der Waals surface area contributed by atoms with E-state index in [0.717, 1.165) is 30.9 Å². The lowest BCUT2D eigenvalue weighted by molar-refractivity contribution is -0.117. The van der Waals surface area contributed by atoms with Crippen LogP contribution in [0.3, 0.4) is 0 Å². The second kappa shape index (κ2) is 8.31. The van der Waals surface area contributed by atoms with Gasteiger partial charge in [0.2, 0.25) is 11.0 Å². The van der Waals surface area contributed by atoms with E-state index in [1.165, 1.54) is 36.3 Å². The van der Waals surface area contributed by atoms with Crippen molar-refractivity contribution < 1.29 is 13.9 Å². The Hall–Kier alpha value is -2.06. The number of amides is 1. The van der Waals surface area contributed by atoms with Gasteiger partial charge in [-0.15, -0.1) is 10.2 Å². The Labute approximate surface area is 161 Å². The van der Waals surface area contributed by atoms with E-state index in [1.54, 1.807) is 12.1 Å². The van der Waals surface area contributed by atoms with Gasteiger partial charge in [-0.2, -0.15) is 0 Å². The van der Waals surface area contributed by atoms with E-state index in [1.807, 2.05) is 0 Å². The molecule has 6 nitrogen and oxygen atoms in total. The summed E-state index contributed by atoms with van der Waals surface area (Å²) >= 11 is 1.48. The van der Waals surface area contributed by atoms with Crippen molar-refractivity contribution in [2.45, 2.75) is 31.6 Å². The fourth-order valence-corrected chi connectivity index (χ4v) is 4.25. The van der Waals surface area contributed by atoms with Crippen LogP contribution in [0, 0.1) is 11.7 Å². The molecule has 8 heteroatoms. The summed E-state index contributed by atoms with van der Waals surface area (Å²) in [5.41, 5.74) is 0. The smallest absolute Gasteiger partial charge is 0.240 e. The van der Waals surface area contributed by atoms with E-state index in [2.05, 4.69) is 20.4 Å². The Balaban J connectivity index is 1.22. The van der Waals surface area contributed by atoms with Crippen LogP contribution in [0.2, 0.25) is 0 Å². The third kappa shape index (κ3) is 5.23. The number of ether oxygens (including phenoxy) is 1. The monoisotopic (exact) mass is 390 g/mol. The fraction of sp³-hybridized carbons (Fsp3) is 0.526. The maximum absolute atomic E-state index is 12.9. The standard InChI is InChI=1S/C19H23FN4O2S/c20-15-5-7-16(8-6-15)26-12-13-2-1-9-24(10-13)11-17(25)21-19-23-22-18(27-19)14-3-4-14/h5-8,13-14H,1-4,9-12H2,(H,21,23,25). The first kappa shape index (κ1) is 18.3. The van der Waals surface area contributed by atoms with Crippen molar-refractivity contribution in [3.05, 3.63) is 35.1 Å². The van der Waals surface area contributed by atoms with Gasteiger partial charge in [0.15, 0.2) is 0 Å². The predicted molar refractivity (Wildman–Crippen MR) is 102 cm³/mol. The first-order chi connectivity index (χ1) is 13.2. The van der Waals surface area contributed by atoms with Crippen LogP contribution >= 0.6 is 11.3 Å². The van der Waals surface area contributed by atoms with Crippen LogP contribution < -0.4 is 10.1 Å². The highest BCUT2D eigenvalue weighted by atomic mass is 32.1. The first-order valence-corrected chi connectivity index (χ1v) is 10.2. The number of piperidine rings is 1. The van der Waals surface area contributed by atoms with E-state index in [4.69, 9.17) is 4.74 Å². The number of carbonyl (C=O) groups is 1. The molecule has 2 fully saturated rings.